The Kier molecular flexibility index (Phi) is 5.43. The van der Waals surface area contributed by atoms with Gasteiger partial charge in [0.25, 0.3) is 0 Å². The number of hydrogen-bond donors (Lipinski definition) is 1. The Hall–Kier alpha value is -1.80. The lowest BCUT2D eigenvalue weighted by Crippen LogP contribution is -2.34. The molecule has 0 radical (unpaired) electrons. The van der Waals surface area contributed by atoms with Crippen LogP contribution in [-0.2, 0) is 42.2 Å². The van der Waals surface area contributed by atoms with Gasteiger partial charge in [-0.1, -0.05) is 0 Å². The van der Waals surface area contributed by atoms with Crippen molar-refractivity contribution in [3.63, 3.8) is 0 Å². The van der Waals surface area contributed by atoms with E-state index in [0.717, 1.165) is 15.6 Å². The number of fused-ring (bicyclic) bond motifs is 1. The molecule has 0 bridgehead atoms. The van der Waals surface area contributed by atoms with Crippen molar-refractivity contribution in [2.45, 2.75) is 50.5 Å². The monoisotopic (exact) mass is 380 g/mol. The van der Waals surface area contributed by atoms with Gasteiger partial charge in [-0.15, -0.1) is 11.3 Å². The second kappa shape index (κ2) is 7.44. The standard InChI is InChI=1S/C18H24N2O5S/c1-24-15(22)8-13(21)10-3-4-12-14(7-10)26-17(20-12)18(19)6-5-11(9-18)16(23)25-2/h10-11H,3-9,19H2,1-2H3/t10?,11?,18-/m0/s1. The van der Waals surface area contributed by atoms with Gasteiger partial charge in [0.1, 0.15) is 17.2 Å². The number of carbonyl (C=O) groups excluding carboxylic acids is 3. The summed E-state index contributed by atoms with van der Waals surface area (Å²) in [6.07, 6.45) is 3.76. The SMILES string of the molecule is COC(=O)CC(=O)C1CCc2nc([C@]3(N)CCC(C(=O)OC)C3)sc2C1. The lowest BCUT2D eigenvalue weighted by molar-refractivity contribution is -0.146. The van der Waals surface area contributed by atoms with Crippen LogP contribution in [0.15, 0.2) is 0 Å². The van der Waals surface area contributed by atoms with Gasteiger partial charge in [-0.3, -0.25) is 14.4 Å². The fourth-order valence-electron chi connectivity index (χ4n) is 3.86. The topological polar surface area (TPSA) is 109 Å². The van der Waals surface area contributed by atoms with Gasteiger partial charge in [0.2, 0.25) is 0 Å². The Morgan fingerprint density at radius 3 is 2.69 bits per heavy atom. The summed E-state index contributed by atoms with van der Waals surface area (Å²) in [5.41, 5.74) is 6.96. The smallest absolute Gasteiger partial charge is 0.313 e. The third-order valence-corrected chi connectivity index (χ3v) is 6.79. The molecule has 0 saturated heterocycles. The van der Waals surface area contributed by atoms with E-state index in [1.165, 1.54) is 14.2 Å². The van der Waals surface area contributed by atoms with Crippen molar-refractivity contribution >= 4 is 29.1 Å². The lowest BCUT2D eigenvalue weighted by atomic mass is 9.86. The molecule has 1 aromatic heterocycles. The van der Waals surface area contributed by atoms with Crippen molar-refractivity contribution in [1.82, 2.24) is 4.98 Å². The van der Waals surface area contributed by atoms with Crippen LogP contribution in [0.4, 0.5) is 0 Å². The zero-order valence-corrected chi connectivity index (χ0v) is 15.9. The molecule has 2 aliphatic rings. The van der Waals surface area contributed by atoms with E-state index < -0.39 is 11.5 Å². The van der Waals surface area contributed by atoms with Gasteiger partial charge in [-0.05, 0) is 38.5 Å². The van der Waals surface area contributed by atoms with E-state index in [0.29, 0.717) is 38.5 Å². The molecule has 1 fully saturated rings. The van der Waals surface area contributed by atoms with Crippen molar-refractivity contribution in [1.29, 1.82) is 0 Å². The highest BCUT2D eigenvalue weighted by molar-refractivity contribution is 7.12. The maximum absolute atomic E-state index is 12.3. The number of hydrogen-bond acceptors (Lipinski definition) is 8. The van der Waals surface area contributed by atoms with Crippen LogP contribution in [0.2, 0.25) is 0 Å². The Morgan fingerprint density at radius 1 is 1.23 bits per heavy atom. The van der Waals surface area contributed by atoms with E-state index in [1.807, 2.05) is 0 Å². The number of aromatic nitrogens is 1. The first-order chi connectivity index (χ1) is 12.4. The molecule has 2 aliphatic carbocycles. The molecule has 2 N–H and O–H groups in total. The maximum atomic E-state index is 12.3. The first kappa shape index (κ1) is 19.0. The minimum atomic E-state index is -0.605. The zero-order valence-electron chi connectivity index (χ0n) is 15.1. The largest absolute Gasteiger partial charge is 0.469 e. The van der Waals surface area contributed by atoms with Crippen LogP contribution in [0.1, 0.15) is 47.7 Å². The molecule has 1 saturated carbocycles. The number of rotatable bonds is 5. The molecule has 0 spiro atoms. The minimum absolute atomic E-state index is 0.0773. The van der Waals surface area contributed by atoms with Crippen molar-refractivity contribution < 1.29 is 23.9 Å². The molecule has 142 valence electrons. The fraction of sp³-hybridized carbons (Fsp3) is 0.667. The second-order valence-electron chi connectivity index (χ2n) is 7.17. The summed E-state index contributed by atoms with van der Waals surface area (Å²) in [6.45, 7) is 0. The van der Waals surface area contributed by atoms with Gasteiger partial charge in [0.05, 0.1) is 31.4 Å². The summed E-state index contributed by atoms with van der Waals surface area (Å²) < 4.78 is 9.42. The number of Topliss-reactive ketones (excluding diaryl/α,β-unsaturated/α-hetero) is 1. The van der Waals surface area contributed by atoms with Gasteiger partial charge in [0.15, 0.2) is 0 Å². The van der Waals surface area contributed by atoms with Gasteiger partial charge >= 0.3 is 11.9 Å². The Morgan fingerprint density at radius 2 is 2.00 bits per heavy atom. The molecule has 0 amide bonds. The highest BCUT2D eigenvalue weighted by Gasteiger charge is 2.43. The van der Waals surface area contributed by atoms with Crippen molar-refractivity contribution in [3.8, 4) is 0 Å². The first-order valence-corrected chi connectivity index (χ1v) is 9.63. The highest BCUT2D eigenvalue weighted by Crippen LogP contribution is 2.44. The van der Waals surface area contributed by atoms with Crippen LogP contribution < -0.4 is 5.73 Å². The summed E-state index contributed by atoms with van der Waals surface area (Å²) in [5.74, 6) is -1.14. The van der Waals surface area contributed by atoms with Gasteiger partial charge in [-0.25, -0.2) is 4.98 Å². The summed E-state index contributed by atoms with van der Waals surface area (Å²) >= 11 is 1.54. The third kappa shape index (κ3) is 3.66. The highest BCUT2D eigenvalue weighted by atomic mass is 32.1. The number of carbonyl (C=O) groups is 3. The van der Waals surface area contributed by atoms with E-state index >= 15 is 0 Å². The summed E-state index contributed by atoms with van der Waals surface area (Å²) in [4.78, 5) is 41.2. The van der Waals surface area contributed by atoms with E-state index in [2.05, 4.69) is 4.74 Å². The first-order valence-electron chi connectivity index (χ1n) is 8.81. The Bertz CT molecular complexity index is 731. The predicted octanol–water partition coefficient (Wildman–Crippen LogP) is 1.51. The Labute approximate surface area is 156 Å². The van der Waals surface area contributed by atoms with Crippen LogP contribution in [0, 0.1) is 11.8 Å². The van der Waals surface area contributed by atoms with Crippen LogP contribution in [0.5, 0.6) is 0 Å². The molecule has 0 aliphatic heterocycles. The average Bonchev–Trinajstić information content (AvgIpc) is 3.25. The van der Waals surface area contributed by atoms with E-state index in [1.54, 1.807) is 11.3 Å². The van der Waals surface area contributed by atoms with Crippen LogP contribution in [0.25, 0.3) is 0 Å². The number of nitrogens with zero attached hydrogens (tertiary/aromatic N) is 1. The van der Waals surface area contributed by atoms with Crippen molar-refractivity contribution in [2.24, 2.45) is 17.6 Å². The number of nitrogens with two attached hydrogens (primary N) is 1. The number of aryl methyl sites for hydroxylation is 1. The van der Waals surface area contributed by atoms with Crippen LogP contribution >= 0.6 is 11.3 Å². The molecule has 26 heavy (non-hydrogen) atoms. The van der Waals surface area contributed by atoms with Gasteiger partial charge in [0, 0.05) is 10.8 Å². The lowest BCUT2D eigenvalue weighted by Gasteiger charge is -2.20. The third-order valence-electron chi connectivity index (χ3n) is 5.45. The minimum Gasteiger partial charge on any atom is -0.469 e. The molecule has 0 aromatic carbocycles. The van der Waals surface area contributed by atoms with Crippen molar-refractivity contribution in [2.75, 3.05) is 14.2 Å². The molecule has 8 heteroatoms. The van der Waals surface area contributed by atoms with Gasteiger partial charge in [-0.2, -0.15) is 0 Å². The molecule has 2 unspecified atom stereocenters. The molecule has 1 heterocycles. The summed E-state index contributed by atoms with van der Waals surface area (Å²) in [7, 11) is 2.68. The molecule has 3 atom stereocenters. The normalized spacial score (nSPS) is 27.7. The predicted molar refractivity (Wildman–Crippen MR) is 94.5 cm³/mol. The van der Waals surface area contributed by atoms with Gasteiger partial charge < -0.3 is 15.2 Å². The summed E-state index contributed by atoms with van der Waals surface area (Å²) in [5, 5.41) is 0.843. The number of ether oxygens (including phenoxy) is 2. The fourth-order valence-corrected chi connectivity index (χ4v) is 5.19. The average molecular weight is 380 g/mol. The van der Waals surface area contributed by atoms with Crippen molar-refractivity contribution in [3.05, 3.63) is 15.6 Å². The number of ketones is 1. The maximum Gasteiger partial charge on any atom is 0.313 e. The van der Waals surface area contributed by atoms with Crippen LogP contribution in [0.3, 0.4) is 0 Å². The number of methoxy groups -OCH3 is 2. The number of esters is 2. The second-order valence-corrected chi connectivity index (χ2v) is 8.25. The molecule has 3 rings (SSSR count). The molecule has 7 nitrogen and oxygen atoms in total. The molecular formula is C18H24N2O5S. The number of thiazole rings is 1. The zero-order chi connectivity index (χ0) is 18.9. The molecular weight excluding hydrogens is 356 g/mol. The van der Waals surface area contributed by atoms with E-state index in [-0.39, 0.29) is 30.0 Å². The van der Waals surface area contributed by atoms with E-state index in [4.69, 9.17) is 15.5 Å². The molecule has 1 aromatic rings. The van der Waals surface area contributed by atoms with Crippen LogP contribution in [-0.4, -0.2) is 36.9 Å². The Balaban J connectivity index is 1.71. The quantitative estimate of drug-likeness (QED) is 0.609. The summed E-state index contributed by atoms with van der Waals surface area (Å²) in [6, 6.07) is 0. The van der Waals surface area contributed by atoms with E-state index in [9.17, 15) is 14.4 Å².